The summed E-state index contributed by atoms with van der Waals surface area (Å²) in [6.07, 6.45) is 0. The molecule has 0 aromatic carbocycles. The second kappa shape index (κ2) is 8.70. The van der Waals surface area contributed by atoms with E-state index in [1.165, 1.54) is 37.3 Å². The zero-order valence-corrected chi connectivity index (χ0v) is 16.4. The van der Waals surface area contributed by atoms with Gasteiger partial charge in [-0.2, -0.15) is 0 Å². The molecule has 0 unspecified atom stereocenters. The molecule has 0 fully saturated rings. The van der Waals surface area contributed by atoms with Gasteiger partial charge in [0.15, 0.2) is 8.68 Å². The molecule has 0 bridgehead atoms. The van der Waals surface area contributed by atoms with E-state index in [1.807, 2.05) is 6.92 Å². The molecule has 2 heterocycles. The van der Waals surface area contributed by atoms with Crippen LogP contribution in [-0.4, -0.2) is 42.1 Å². The number of rotatable bonds is 7. The number of nitrogen functional groups attached to an aromatic ring is 1. The molecule has 0 saturated carbocycles. The summed E-state index contributed by atoms with van der Waals surface area (Å²) >= 11 is 5.48. The van der Waals surface area contributed by atoms with Gasteiger partial charge in [-0.25, -0.2) is 9.59 Å². The number of nitrogens with zero attached hydrogens (tertiary/aromatic N) is 2. The summed E-state index contributed by atoms with van der Waals surface area (Å²) < 4.78 is 11.2. The van der Waals surface area contributed by atoms with Crippen molar-refractivity contribution >= 4 is 63.1 Å². The third-order valence-corrected chi connectivity index (χ3v) is 6.93. The Morgan fingerprint density at radius 1 is 1.08 bits per heavy atom. The first kappa shape index (κ1) is 19.0. The first-order valence-corrected chi connectivity index (χ1v) is 10.3. The third kappa shape index (κ3) is 4.21. The van der Waals surface area contributed by atoms with Crippen LogP contribution in [0.4, 0.5) is 5.00 Å². The molecule has 2 aromatic rings. The number of carbonyl (C=O) groups excluding carboxylic acids is 2. The first-order valence-electron chi connectivity index (χ1n) is 6.68. The van der Waals surface area contributed by atoms with Crippen molar-refractivity contribution in [2.45, 2.75) is 21.4 Å². The van der Waals surface area contributed by atoms with Gasteiger partial charge in [0.05, 0.1) is 19.8 Å². The molecule has 130 valence electrons. The number of aromatic nitrogens is 2. The van der Waals surface area contributed by atoms with Crippen molar-refractivity contribution in [1.82, 2.24) is 10.2 Å². The van der Waals surface area contributed by atoms with E-state index in [0.717, 1.165) is 25.8 Å². The lowest BCUT2D eigenvalue weighted by molar-refractivity contribution is 0.0601. The van der Waals surface area contributed by atoms with Crippen molar-refractivity contribution in [2.75, 3.05) is 25.7 Å². The highest BCUT2D eigenvalue weighted by Crippen LogP contribution is 2.37. The summed E-state index contributed by atoms with van der Waals surface area (Å²) in [6.45, 7) is 2.04. The summed E-state index contributed by atoms with van der Waals surface area (Å²) in [7, 11) is 2.55. The highest BCUT2D eigenvalue weighted by Gasteiger charge is 2.27. The molecule has 0 aliphatic carbocycles. The predicted molar refractivity (Wildman–Crippen MR) is 97.3 cm³/mol. The van der Waals surface area contributed by atoms with Crippen LogP contribution in [-0.2, 0) is 15.2 Å². The van der Waals surface area contributed by atoms with Crippen molar-refractivity contribution in [2.24, 2.45) is 0 Å². The Bertz CT molecular complexity index is 744. The number of carbonyl (C=O) groups is 2. The topological polar surface area (TPSA) is 104 Å². The van der Waals surface area contributed by atoms with Gasteiger partial charge in [0.25, 0.3) is 0 Å². The highest BCUT2D eigenvalue weighted by atomic mass is 32.2. The number of thiophene rings is 1. The van der Waals surface area contributed by atoms with Crippen molar-refractivity contribution in [3.8, 4) is 0 Å². The molecule has 24 heavy (non-hydrogen) atoms. The molecule has 0 aliphatic heterocycles. The molecule has 2 aromatic heterocycles. The molecule has 0 radical (unpaired) electrons. The van der Waals surface area contributed by atoms with E-state index in [1.54, 1.807) is 11.8 Å². The number of hydrogen-bond acceptors (Lipinski definition) is 11. The number of anilines is 1. The fraction of sp³-hybridized carbons (Fsp3) is 0.385. The first-order chi connectivity index (χ1) is 11.5. The van der Waals surface area contributed by atoms with Crippen molar-refractivity contribution in [1.29, 1.82) is 0 Å². The van der Waals surface area contributed by atoms with Crippen molar-refractivity contribution < 1.29 is 19.1 Å². The van der Waals surface area contributed by atoms with Crippen LogP contribution in [0, 0.1) is 0 Å². The number of ether oxygens (including phenoxy) is 2. The van der Waals surface area contributed by atoms with Crippen LogP contribution in [0.1, 0.15) is 32.5 Å². The molecule has 11 heteroatoms. The maximum Gasteiger partial charge on any atom is 0.348 e. The van der Waals surface area contributed by atoms with Crippen LogP contribution < -0.4 is 5.73 Å². The fourth-order valence-electron chi connectivity index (χ4n) is 1.78. The van der Waals surface area contributed by atoms with E-state index in [9.17, 15) is 9.59 Å². The van der Waals surface area contributed by atoms with Crippen LogP contribution in [0.25, 0.3) is 0 Å². The molecular formula is C13H15N3O4S4. The fourth-order valence-corrected chi connectivity index (χ4v) is 5.81. The largest absolute Gasteiger partial charge is 0.465 e. The van der Waals surface area contributed by atoms with Gasteiger partial charge < -0.3 is 15.2 Å². The van der Waals surface area contributed by atoms with Crippen LogP contribution in [0.15, 0.2) is 8.68 Å². The molecule has 0 saturated heterocycles. The maximum atomic E-state index is 12.0. The lowest BCUT2D eigenvalue weighted by Crippen LogP contribution is -2.08. The summed E-state index contributed by atoms with van der Waals surface area (Å²) in [6, 6.07) is 0. The molecule has 0 atom stereocenters. The second-order valence-electron chi connectivity index (χ2n) is 4.19. The Morgan fingerprint density at radius 3 is 2.29 bits per heavy atom. The van der Waals surface area contributed by atoms with E-state index >= 15 is 0 Å². The van der Waals surface area contributed by atoms with Gasteiger partial charge in [0.2, 0.25) is 0 Å². The Balaban J connectivity index is 2.28. The minimum atomic E-state index is -0.575. The van der Waals surface area contributed by atoms with Gasteiger partial charge in [-0.05, 0) is 5.75 Å². The average Bonchev–Trinajstić information content (AvgIpc) is 3.16. The number of nitrogens with two attached hydrogens (primary N) is 1. The zero-order chi connectivity index (χ0) is 17.7. The predicted octanol–water partition coefficient (Wildman–Crippen LogP) is 3.16. The van der Waals surface area contributed by atoms with Gasteiger partial charge >= 0.3 is 11.9 Å². The highest BCUT2D eigenvalue weighted by molar-refractivity contribution is 8.02. The summed E-state index contributed by atoms with van der Waals surface area (Å²) in [5.74, 6) is 0.152. The van der Waals surface area contributed by atoms with Crippen molar-refractivity contribution in [3.05, 3.63) is 16.0 Å². The van der Waals surface area contributed by atoms with Crippen LogP contribution >= 0.6 is 46.2 Å². The number of thioether (sulfide) groups is 2. The standard InChI is InChI=1S/C13H15N3O4S4/c1-4-21-12-15-16-13(24-12)22-5-6-7(10(17)19-2)9(14)23-8(6)11(18)20-3/h4-5,14H2,1-3H3. The Labute approximate surface area is 155 Å². The van der Waals surface area contributed by atoms with E-state index in [4.69, 9.17) is 15.2 Å². The molecule has 2 rings (SSSR count). The van der Waals surface area contributed by atoms with Crippen LogP contribution in [0.5, 0.6) is 0 Å². The van der Waals surface area contributed by atoms with E-state index in [2.05, 4.69) is 10.2 Å². The Morgan fingerprint density at radius 2 is 1.71 bits per heavy atom. The summed E-state index contributed by atoms with van der Waals surface area (Å²) in [5, 5.41) is 8.41. The Kier molecular flexibility index (Phi) is 6.90. The van der Waals surface area contributed by atoms with Crippen LogP contribution in [0.2, 0.25) is 0 Å². The van der Waals surface area contributed by atoms with Gasteiger partial charge in [-0.15, -0.1) is 21.5 Å². The number of methoxy groups -OCH3 is 2. The lowest BCUT2D eigenvalue weighted by atomic mass is 10.1. The number of esters is 2. The van der Waals surface area contributed by atoms with Crippen LogP contribution in [0.3, 0.4) is 0 Å². The normalized spacial score (nSPS) is 10.6. The van der Waals surface area contributed by atoms with Gasteiger partial charge in [0.1, 0.15) is 9.88 Å². The van der Waals surface area contributed by atoms with E-state index in [0.29, 0.717) is 16.2 Å². The monoisotopic (exact) mass is 405 g/mol. The van der Waals surface area contributed by atoms with E-state index < -0.39 is 11.9 Å². The third-order valence-electron chi connectivity index (χ3n) is 2.79. The molecule has 7 nitrogen and oxygen atoms in total. The van der Waals surface area contributed by atoms with Crippen molar-refractivity contribution in [3.63, 3.8) is 0 Å². The molecule has 2 N–H and O–H groups in total. The van der Waals surface area contributed by atoms with Gasteiger partial charge in [-0.3, -0.25) is 0 Å². The Hall–Kier alpha value is -1.30. The van der Waals surface area contributed by atoms with Gasteiger partial charge in [-0.1, -0.05) is 41.8 Å². The number of hydrogen-bond donors (Lipinski definition) is 1. The summed E-state index contributed by atoms with van der Waals surface area (Å²) in [4.78, 5) is 24.2. The summed E-state index contributed by atoms with van der Waals surface area (Å²) in [5.41, 5.74) is 6.61. The lowest BCUT2D eigenvalue weighted by Gasteiger charge is -2.04. The average molecular weight is 406 g/mol. The van der Waals surface area contributed by atoms with E-state index in [-0.39, 0.29) is 10.6 Å². The smallest absolute Gasteiger partial charge is 0.348 e. The molecule has 0 amide bonds. The SMILES string of the molecule is CCSc1nnc(SCc2c(C(=O)OC)sc(N)c2C(=O)OC)s1. The quantitative estimate of drug-likeness (QED) is 0.549. The molecule has 0 aliphatic rings. The van der Waals surface area contributed by atoms with Gasteiger partial charge in [0, 0.05) is 11.3 Å². The molecule has 0 spiro atoms. The second-order valence-corrected chi connectivity index (χ2v) is 8.95. The zero-order valence-electron chi connectivity index (χ0n) is 13.2. The maximum absolute atomic E-state index is 12.0. The molecular weight excluding hydrogens is 390 g/mol. The minimum absolute atomic E-state index is 0.211. The minimum Gasteiger partial charge on any atom is -0.465 e.